The number of rotatable bonds is 3. The number of aromatic nitrogens is 1. The summed E-state index contributed by atoms with van der Waals surface area (Å²) < 4.78 is 5.13. The summed E-state index contributed by atoms with van der Waals surface area (Å²) in [6.07, 6.45) is -0.797. The maximum atomic E-state index is 11.9. The lowest BCUT2D eigenvalue weighted by Crippen LogP contribution is -2.34. The van der Waals surface area contributed by atoms with Crippen molar-refractivity contribution in [2.75, 3.05) is 14.1 Å². The zero-order valence-electron chi connectivity index (χ0n) is 11.1. The van der Waals surface area contributed by atoms with Crippen molar-refractivity contribution in [3.63, 3.8) is 0 Å². The van der Waals surface area contributed by atoms with Gasteiger partial charge in [-0.15, -0.1) is 0 Å². The lowest BCUT2D eigenvalue weighted by atomic mass is 10.2. The molecule has 1 N–H and O–H groups in total. The number of likely N-dealkylation sites (N-methyl/N-ethyl adjacent to an activating group) is 1. The number of hydrogen-bond donors (Lipinski definition) is 1. The second-order valence-corrected chi connectivity index (χ2v) is 4.55. The fourth-order valence-electron chi connectivity index (χ4n) is 1.82. The van der Waals surface area contributed by atoms with Crippen LogP contribution in [0.1, 0.15) is 17.4 Å². The number of para-hydroxylation sites is 1. The molecule has 0 aliphatic rings. The van der Waals surface area contributed by atoms with Crippen molar-refractivity contribution in [2.24, 2.45) is 0 Å². The number of carbonyl (C=O) groups excluding carboxylic acids is 2. The summed E-state index contributed by atoms with van der Waals surface area (Å²) >= 11 is 0. The van der Waals surface area contributed by atoms with Gasteiger partial charge in [0.05, 0.1) is 0 Å². The Morgan fingerprint density at radius 2 is 1.95 bits per heavy atom. The summed E-state index contributed by atoms with van der Waals surface area (Å²) in [5.74, 6) is -0.775. The minimum Gasteiger partial charge on any atom is -0.448 e. The molecule has 100 valence electrons. The summed E-state index contributed by atoms with van der Waals surface area (Å²) in [6, 6.07) is 9.26. The molecule has 0 saturated carbocycles. The van der Waals surface area contributed by atoms with Crippen LogP contribution < -0.4 is 0 Å². The number of esters is 1. The molecule has 1 aromatic heterocycles. The summed E-state index contributed by atoms with van der Waals surface area (Å²) in [5.41, 5.74) is 1.21. The van der Waals surface area contributed by atoms with E-state index in [1.165, 1.54) is 4.90 Å². The Morgan fingerprint density at radius 1 is 1.26 bits per heavy atom. The van der Waals surface area contributed by atoms with Crippen LogP contribution in [0, 0.1) is 0 Å². The van der Waals surface area contributed by atoms with Gasteiger partial charge in [-0.1, -0.05) is 18.2 Å². The monoisotopic (exact) mass is 260 g/mol. The third kappa shape index (κ3) is 2.76. The molecule has 0 fully saturated rings. The van der Waals surface area contributed by atoms with Crippen LogP contribution in [0.3, 0.4) is 0 Å². The first-order valence-corrected chi connectivity index (χ1v) is 5.99. The van der Waals surface area contributed by atoms with Gasteiger partial charge in [0.15, 0.2) is 6.10 Å². The summed E-state index contributed by atoms with van der Waals surface area (Å²) in [6.45, 7) is 1.56. The van der Waals surface area contributed by atoms with Gasteiger partial charge in [-0.2, -0.15) is 0 Å². The molecule has 19 heavy (non-hydrogen) atoms. The van der Waals surface area contributed by atoms with Crippen molar-refractivity contribution in [1.29, 1.82) is 0 Å². The number of ether oxygens (including phenoxy) is 1. The van der Waals surface area contributed by atoms with E-state index >= 15 is 0 Å². The molecule has 1 atom stereocenters. The number of nitrogens with one attached hydrogen (secondary N) is 1. The van der Waals surface area contributed by atoms with Gasteiger partial charge in [-0.3, -0.25) is 4.79 Å². The highest BCUT2D eigenvalue weighted by Crippen LogP contribution is 2.15. The first kappa shape index (κ1) is 13.1. The van der Waals surface area contributed by atoms with Gasteiger partial charge in [-0.25, -0.2) is 4.79 Å². The van der Waals surface area contributed by atoms with Crippen LogP contribution in [-0.2, 0) is 9.53 Å². The highest BCUT2D eigenvalue weighted by atomic mass is 16.5. The molecular weight excluding hydrogens is 244 g/mol. The molecule has 5 nitrogen and oxygen atoms in total. The summed E-state index contributed by atoms with van der Waals surface area (Å²) in [5, 5.41) is 0.932. The first-order chi connectivity index (χ1) is 8.99. The van der Waals surface area contributed by atoms with Gasteiger partial charge < -0.3 is 14.6 Å². The topological polar surface area (TPSA) is 62.4 Å². The Hall–Kier alpha value is -2.30. The van der Waals surface area contributed by atoms with Gasteiger partial charge >= 0.3 is 5.97 Å². The first-order valence-electron chi connectivity index (χ1n) is 5.99. The molecule has 0 saturated heterocycles. The normalized spacial score (nSPS) is 12.2. The van der Waals surface area contributed by atoms with Crippen molar-refractivity contribution in [3.8, 4) is 0 Å². The van der Waals surface area contributed by atoms with Crippen molar-refractivity contribution >= 4 is 22.8 Å². The third-order valence-electron chi connectivity index (χ3n) is 2.82. The van der Waals surface area contributed by atoms with Gasteiger partial charge in [0.2, 0.25) is 0 Å². The van der Waals surface area contributed by atoms with Crippen LogP contribution in [0.5, 0.6) is 0 Å². The van der Waals surface area contributed by atoms with Gasteiger partial charge in [-0.05, 0) is 19.1 Å². The number of carbonyl (C=O) groups is 2. The van der Waals surface area contributed by atoms with Crippen LogP contribution in [0.4, 0.5) is 0 Å². The van der Waals surface area contributed by atoms with Crippen molar-refractivity contribution in [1.82, 2.24) is 9.88 Å². The smallest absolute Gasteiger partial charge is 0.355 e. The molecule has 1 heterocycles. The maximum Gasteiger partial charge on any atom is 0.355 e. The molecule has 0 aliphatic carbocycles. The van der Waals surface area contributed by atoms with Gasteiger partial charge in [0.1, 0.15) is 5.69 Å². The largest absolute Gasteiger partial charge is 0.448 e. The lowest BCUT2D eigenvalue weighted by Gasteiger charge is -2.16. The van der Waals surface area contributed by atoms with Gasteiger partial charge in [0.25, 0.3) is 5.91 Å². The van der Waals surface area contributed by atoms with E-state index in [-0.39, 0.29) is 5.91 Å². The highest BCUT2D eigenvalue weighted by Gasteiger charge is 2.21. The predicted molar refractivity (Wildman–Crippen MR) is 71.9 cm³/mol. The van der Waals surface area contributed by atoms with E-state index in [0.717, 1.165) is 10.9 Å². The molecule has 1 amide bonds. The fourth-order valence-corrected chi connectivity index (χ4v) is 1.82. The molecular formula is C14H16N2O3. The van der Waals surface area contributed by atoms with Crippen LogP contribution in [-0.4, -0.2) is 42.0 Å². The van der Waals surface area contributed by atoms with Crippen LogP contribution in [0.25, 0.3) is 10.9 Å². The average Bonchev–Trinajstić information content (AvgIpc) is 2.81. The minimum atomic E-state index is -0.797. The van der Waals surface area contributed by atoms with Crippen LogP contribution in [0.2, 0.25) is 0 Å². The average molecular weight is 260 g/mol. The Bertz CT molecular complexity index is 583. The zero-order chi connectivity index (χ0) is 14.0. The van der Waals surface area contributed by atoms with Crippen LogP contribution in [0.15, 0.2) is 30.3 Å². The quantitative estimate of drug-likeness (QED) is 0.856. The second-order valence-electron chi connectivity index (χ2n) is 4.55. The van der Waals surface area contributed by atoms with Crippen molar-refractivity contribution < 1.29 is 14.3 Å². The Kier molecular flexibility index (Phi) is 3.55. The summed E-state index contributed by atoms with van der Waals surface area (Å²) in [7, 11) is 3.24. The Balaban J connectivity index is 2.13. The molecule has 1 aromatic carbocycles. The van der Waals surface area contributed by atoms with E-state index in [2.05, 4.69) is 4.98 Å². The molecule has 0 bridgehead atoms. The predicted octanol–water partition coefficient (Wildman–Crippen LogP) is 1.80. The Morgan fingerprint density at radius 3 is 2.58 bits per heavy atom. The summed E-state index contributed by atoms with van der Waals surface area (Å²) in [4.78, 5) is 27.9. The molecule has 0 aliphatic heterocycles. The molecule has 0 unspecified atom stereocenters. The number of hydrogen-bond acceptors (Lipinski definition) is 3. The van der Waals surface area contributed by atoms with E-state index in [4.69, 9.17) is 4.74 Å². The fraction of sp³-hybridized carbons (Fsp3) is 0.286. The van der Waals surface area contributed by atoms with Crippen LogP contribution >= 0.6 is 0 Å². The zero-order valence-corrected chi connectivity index (χ0v) is 11.1. The minimum absolute atomic E-state index is 0.246. The number of amides is 1. The Labute approximate surface area is 111 Å². The number of nitrogens with zero attached hydrogens (tertiary/aromatic N) is 1. The molecule has 2 rings (SSSR count). The molecule has 2 aromatic rings. The molecule has 0 spiro atoms. The van der Waals surface area contributed by atoms with Crippen molar-refractivity contribution in [3.05, 3.63) is 36.0 Å². The van der Waals surface area contributed by atoms with E-state index in [0.29, 0.717) is 5.69 Å². The van der Waals surface area contributed by atoms with E-state index in [9.17, 15) is 9.59 Å². The van der Waals surface area contributed by atoms with Gasteiger partial charge in [0, 0.05) is 25.0 Å². The standard InChI is InChI=1S/C14H16N2O3/c1-9(13(17)16(2)3)19-14(18)12-8-10-6-4-5-7-11(10)15-12/h4-9,15H,1-3H3/t9-/m1/s1. The molecule has 5 heteroatoms. The van der Waals surface area contributed by atoms with E-state index in [1.807, 2.05) is 24.3 Å². The van der Waals surface area contributed by atoms with E-state index < -0.39 is 12.1 Å². The highest BCUT2D eigenvalue weighted by molar-refractivity contribution is 5.96. The number of benzene rings is 1. The second kappa shape index (κ2) is 5.14. The number of H-pyrrole nitrogens is 1. The maximum absolute atomic E-state index is 11.9. The molecule has 0 radical (unpaired) electrons. The van der Waals surface area contributed by atoms with E-state index in [1.54, 1.807) is 27.1 Å². The number of fused-ring (bicyclic) bond motifs is 1. The SMILES string of the molecule is C[C@@H](OC(=O)c1cc2ccccc2[nH]1)C(=O)N(C)C. The third-order valence-corrected chi connectivity index (χ3v) is 2.82. The van der Waals surface area contributed by atoms with Crippen molar-refractivity contribution in [2.45, 2.75) is 13.0 Å². The lowest BCUT2D eigenvalue weighted by molar-refractivity contribution is -0.137. The number of aromatic amines is 1.